The summed E-state index contributed by atoms with van der Waals surface area (Å²) in [7, 11) is 0. The average molecular weight is 340 g/mol. The summed E-state index contributed by atoms with van der Waals surface area (Å²) in [6, 6.07) is 7.56. The first-order chi connectivity index (χ1) is 12.1. The number of amides is 2. The Bertz CT molecular complexity index is 745. The van der Waals surface area contributed by atoms with E-state index in [2.05, 4.69) is 15.5 Å². The number of aromatic nitrogens is 2. The molecule has 1 fully saturated rings. The van der Waals surface area contributed by atoms with Crippen molar-refractivity contribution in [3.05, 3.63) is 41.2 Å². The fourth-order valence-corrected chi connectivity index (χ4v) is 3.28. The van der Waals surface area contributed by atoms with E-state index in [4.69, 9.17) is 0 Å². The van der Waals surface area contributed by atoms with Crippen LogP contribution in [0.15, 0.2) is 24.3 Å². The minimum atomic E-state index is -0.0834. The Morgan fingerprint density at radius 1 is 1.28 bits per heavy atom. The third-order valence-electron chi connectivity index (χ3n) is 4.63. The molecular formula is C19H24N4O2. The normalized spacial score (nSPS) is 14.2. The number of aryl methyl sites for hydroxylation is 2. The third-order valence-corrected chi connectivity index (χ3v) is 4.63. The highest BCUT2D eigenvalue weighted by Crippen LogP contribution is 2.25. The van der Waals surface area contributed by atoms with Crippen molar-refractivity contribution in [2.45, 2.75) is 33.1 Å². The summed E-state index contributed by atoms with van der Waals surface area (Å²) in [4.78, 5) is 25.6. The molecule has 2 N–H and O–H groups in total. The lowest BCUT2D eigenvalue weighted by Crippen LogP contribution is -2.30. The van der Waals surface area contributed by atoms with E-state index in [-0.39, 0.29) is 11.8 Å². The zero-order chi connectivity index (χ0) is 17.8. The predicted octanol–water partition coefficient (Wildman–Crippen LogP) is 2.44. The molecular weight excluding hydrogens is 316 g/mol. The van der Waals surface area contributed by atoms with Crippen LogP contribution in [0.1, 0.15) is 41.0 Å². The van der Waals surface area contributed by atoms with Crippen molar-refractivity contribution >= 4 is 11.8 Å². The molecule has 132 valence electrons. The third kappa shape index (κ3) is 3.90. The Labute approximate surface area is 147 Å². The van der Waals surface area contributed by atoms with E-state index in [0.29, 0.717) is 18.5 Å². The number of nitrogens with one attached hydrogen (secondary N) is 2. The molecule has 0 bridgehead atoms. The van der Waals surface area contributed by atoms with Gasteiger partial charge in [0.1, 0.15) is 0 Å². The Morgan fingerprint density at radius 3 is 2.64 bits per heavy atom. The summed E-state index contributed by atoms with van der Waals surface area (Å²) < 4.78 is 0. The van der Waals surface area contributed by atoms with E-state index in [0.717, 1.165) is 48.4 Å². The molecule has 0 atom stereocenters. The molecule has 1 aliphatic rings. The predicted molar refractivity (Wildman–Crippen MR) is 96.3 cm³/mol. The maximum atomic E-state index is 12.2. The summed E-state index contributed by atoms with van der Waals surface area (Å²) >= 11 is 0. The Hall–Kier alpha value is -2.63. The van der Waals surface area contributed by atoms with E-state index in [9.17, 15) is 9.59 Å². The van der Waals surface area contributed by atoms with Crippen LogP contribution >= 0.6 is 0 Å². The van der Waals surface area contributed by atoms with Gasteiger partial charge in [-0.2, -0.15) is 5.10 Å². The van der Waals surface area contributed by atoms with Crippen LogP contribution in [0.2, 0.25) is 0 Å². The van der Waals surface area contributed by atoms with Gasteiger partial charge < -0.3 is 10.2 Å². The second-order valence-electron chi connectivity index (χ2n) is 6.48. The van der Waals surface area contributed by atoms with Crippen LogP contribution in [0.5, 0.6) is 0 Å². The van der Waals surface area contributed by atoms with Gasteiger partial charge in [0.05, 0.1) is 5.69 Å². The summed E-state index contributed by atoms with van der Waals surface area (Å²) in [6.45, 7) is 6.09. The molecule has 0 aliphatic carbocycles. The quantitative estimate of drug-likeness (QED) is 0.793. The van der Waals surface area contributed by atoms with Crippen LogP contribution < -0.4 is 5.32 Å². The van der Waals surface area contributed by atoms with Gasteiger partial charge in [-0.1, -0.05) is 12.1 Å². The van der Waals surface area contributed by atoms with Gasteiger partial charge in [-0.3, -0.25) is 14.7 Å². The van der Waals surface area contributed by atoms with E-state index in [1.165, 1.54) is 0 Å². The SMILES string of the molecule is Cc1n[nH]c(C)c1-c1ccc(C(=O)NCCCN2CCCC2=O)cc1. The molecule has 2 amide bonds. The van der Waals surface area contributed by atoms with Gasteiger partial charge >= 0.3 is 0 Å². The number of nitrogens with zero attached hydrogens (tertiary/aromatic N) is 2. The lowest BCUT2D eigenvalue weighted by atomic mass is 10.0. The molecule has 1 aromatic heterocycles. The first-order valence-electron chi connectivity index (χ1n) is 8.74. The molecule has 1 aliphatic heterocycles. The molecule has 25 heavy (non-hydrogen) atoms. The van der Waals surface area contributed by atoms with Crippen molar-refractivity contribution in [1.29, 1.82) is 0 Å². The Morgan fingerprint density at radius 2 is 2.04 bits per heavy atom. The van der Waals surface area contributed by atoms with Crippen molar-refractivity contribution in [1.82, 2.24) is 20.4 Å². The van der Waals surface area contributed by atoms with Gasteiger partial charge in [0.15, 0.2) is 0 Å². The zero-order valence-electron chi connectivity index (χ0n) is 14.8. The van der Waals surface area contributed by atoms with Crippen molar-refractivity contribution in [3.8, 4) is 11.1 Å². The number of carbonyl (C=O) groups is 2. The number of rotatable bonds is 6. The number of benzene rings is 1. The highest BCUT2D eigenvalue weighted by Gasteiger charge is 2.19. The molecule has 0 spiro atoms. The van der Waals surface area contributed by atoms with Gasteiger partial charge in [-0.05, 0) is 44.4 Å². The summed E-state index contributed by atoms with van der Waals surface area (Å²) in [5.74, 6) is 0.145. The second-order valence-corrected chi connectivity index (χ2v) is 6.48. The molecule has 6 nitrogen and oxygen atoms in total. The van der Waals surface area contributed by atoms with Gasteiger partial charge in [-0.25, -0.2) is 0 Å². The lowest BCUT2D eigenvalue weighted by Gasteiger charge is -2.15. The van der Waals surface area contributed by atoms with E-state index < -0.39 is 0 Å². The van der Waals surface area contributed by atoms with Crippen LogP contribution in [0.4, 0.5) is 0 Å². The lowest BCUT2D eigenvalue weighted by molar-refractivity contribution is -0.127. The topological polar surface area (TPSA) is 78.1 Å². The number of aromatic amines is 1. The van der Waals surface area contributed by atoms with Crippen LogP contribution in [-0.2, 0) is 4.79 Å². The minimum absolute atomic E-state index is 0.0834. The number of carbonyl (C=O) groups excluding carboxylic acids is 2. The summed E-state index contributed by atoms with van der Waals surface area (Å²) in [5, 5.41) is 10.1. The maximum absolute atomic E-state index is 12.2. The fourth-order valence-electron chi connectivity index (χ4n) is 3.28. The maximum Gasteiger partial charge on any atom is 0.251 e. The van der Waals surface area contributed by atoms with Gasteiger partial charge in [-0.15, -0.1) is 0 Å². The summed E-state index contributed by atoms with van der Waals surface area (Å²) in [6.07, 6.45) is 2.39. The standard InChI is InChI=1S/C19H24N4O2/c1-13-18(14(2)22-21-13)15-6-8-16(9-7-15)19(25)20-10-4-12-23-11-3-5-17(23)24/h6-9H,3-5,10-12H2,1-2H3,(H,20,25)(H,21,22). The zero-order valence-corrected chi connectivity index (χ0v) is 14.8. The molecule has 3 rings (SSSR count). The van der Waals surface area contributed by atoms with Crippen molar-refractivity contribution in [2.75, 3.05) is 19.6 Å². The Kier molecular flexibility index (Phi) is 5.16. The molecule has 0 saturated carbocycles. The van der Waals surface area contributed by atoms with Crippen molar-refractivity contribution in [2.24, 2.45) is 0 Å². The highest BCUT2D eigenvalue weighted by molar-refractivity contribution is 5.94. The van der Waals surface area contributed by atoms with Gasteiger partial charge in [0.25, 0.3) is 5.91 Å². The number of likely N-dealkylation sites (tertiary alicyclic amines) is 1. The Balaban J connectivity index is 1.52. The molecule has 0 unspecified atom stereocenters. The van der Waals surface area contributed by atoms with Gasteiger partial charge in [0.2, 0.25) is 5.91 Å². The molecule has 2 heterocycles. The number of H-pyrrole nitrogens is 1. The molecule has 6 heteroatoms. The molecule has 1 aromatic carbocycles. The smallest absolute Gasteiger partial charge is 0.251 e. The minimum Gasteiger partial charge on any atom is -0.352 e. The molecule has 1 saturated heterocycles. The van der Waals surface area contributed by atoms with E-state index in [1.54, 1.807) is 0 Å². The fraction of sp³-hybridized carbons (Fsp3) is 0.421. The molecule has 2 aromatic rings. The van der Waals surface area contributed by atoms with E-state index >= 15 is 0 Å². The van der Waals surface area contributed by atoms with Crippen LogP contribution in [0.25, 0.3) is 11.1 Å². The monoisotopic (exact) mass is 340 g/mol. The van der Waals surface area contributed by atoms with Crippen LogP contribution in [0, 0.1) is 13.8 Å². The van der Waals surface area contributed by atoms with Crippen molar-refractivity contribution < 1.29 is 9.59 Å². The van der Waals surface area contributed by atoms with E-state index in [1.807, 2.05) is 43.0 Å². The molecule has 0 radical (unpaired) electrons. The first-order valence-corrected chi connectivity index (χ1v) is 8.74. The van der Waals surface area contributed by atoms with Crippen LogP contribution in [0.3, 0.4) is 0 Å². The van der Waals surface area contributed by atoms with Crippen LogP contribution in [-0.4, -0.2) is 46.5 Å². The number of hydrogen-bond donors (Lipinski definition) is 2. The summed E-state index contributed by atoms with van der Waals surface area (Å²) in [5.41, 5.74) is 4.74. The van der Waals surface area contributed by atoms with Gasteiger partial charge in [0, 0.05) is 42.9 Å². The average Bonchev–Trinajstić information content (AvgIpc) is 3.17. The van der Waals surface area contributed by atoms with Crippen molar-refractivity contribution in [3.63, 3.8) is 0 Å². The first kappa shape index (κ1) is 17.2. The largest absolute Gasteiger partial charge is 0.352 e. The number of hydrogen-bond acceptors (Lipinski definition) is 3. The second kappa shape index (κ2) is 7.51. The highest BCUT2D eigenvalue weighted by atomic mass is 16.2.